The van der Waals surface area contributed by atoms with Crippen molar-refractivity contribution in [1.82, 2.24) is 15.5 Å². The molecule has 0 aromatic heterocycles. The molecule has 2 saturated carbocycles. The van der Waals surface area contributed by atoms with Crippen LogP contribution in [-0.4, -0.2) is 67.6 Å². The number of nitrogens with one attached hydrogen (secondary N) is 2. The predicted molar refractivity (Wildman–Crippen MR) is 133 cm³/mol. The highest BCUT2D eigenvalue weighted by Crippen LogP contribution is 2.39. The lowest BCUT2D eigenvalue weighted by molar-refractivity contribution is -0.136. The number of nitrogens with zero attached hydrogens (tertiary/aromatic N) is 2. The molecule has 35 heavy (non-hydrogen) atoms. The Morgan fingerprint density at radius 2 is 1.89 bits per heavy atom. The van der Waals surface area contributed by atoms with Crippen LogP contribution in [0.5, 0.6) is 0 Å². The van der Waals surface area contributed by atoms with Crippen molar-refractivity contribution in [2.24, 2.45) is 5.92 Å². The monoisotopic (exact) mass is 482 g/mol. The summed E-state index contributed by atoms with van der Waals surface area (Å²) >= 11 is 0. The van der Waals surface area contributed by atoms with Gasteiger partial charge in [-0.05, 0) is 56.6 Å². The van der Waals surface area contributed by atoms with Gasteiger partial charge in [0.15, 0.2) is 0 Å². The average molecular weight is 483 g/mol. The minimum absolute atomic E-state index is 0.0930. The Kier molecular flexibility index (Phi) is 7.39. The fourth-order valence-corrected chi connectivity index (χ4v) is 6.02. The van der Waals surface area contributed by atoms with Crippen LogP contribution in [0.25, 0.3) is 0 Å². The quantitative estimate of drug-likeness (QED) is 0.394. The largest absolute Gasteiger partial charge is 0.383 e. The van der Waals surface area contributed by atoms with Crippen LogP contribution in [0, 0.1) is 5.92 Å². The van der Waals surface area contributed by atoms with Gasteiger partial charge in [-0.1, -0.05) is 18.9 Å². The van der Waals surface area contributed by atoms with Gasteiger partial charge in [-0.25, -0.2) is 0 Å². The average Bonchev–Trinajstić information content (AvgIpc) is 3.63. The Morgan fingerprint density at radius 1 is 1.09 bits per heavy atom. The maximum atomic E-state index is 13.3. The number of imide groups is 1. The number of fused-ring (bicyclic) bond motifs is 1. The molecule has 0 radical (unpaired) electrons. The molecule has 3 amide bonds. The zero-order chi connectivity index (χ0) is 24.4. The molecule has 2 heterocycles. The van der Waals surface area contributed by atoms with Gasteiger partial charge in [0.25, 0.3) is 5.91 Å². The molecule has 2 aliphatic carbocycles. The number of ether oxygens (including phenoxy) is 1. The maximum Gasteiger partial charge on any atom is 0.255 e. The maximum absolute atomic E-state index is 13.3. The number of amides is 3. The first-order valence-electron chi connectivity index (χ1n) is 13.3. The van der Waals surface area contributed by atoms with Gasteiger partial charge in [-0.3, -0.25) is 19.7 Å². The van der Waals surface area contributed by atoms with Crippen molar-refractivity contribution in [2.45, 2.75) is 82.5 Å². The van der Waals surface area contributed by atoms with E-state index < -0.39 is 6.04 Å². The van der Waals surface area contributed by atoms with Crippen molar-refractivity contribution < 1.29 is 19.1 Å². The molecular formula is C27H38N4O4. The first-order chi connectivity index (χ1) is 17.0. The molecule has 1 aromatic carbocycles. The van der Waals surface area contributed by atoms with Crippen LogP contribution in [0.3, 0.4) is 0 Å². The van der Waals surface area contributed by atoms with Crippen LogP contribution in [0.1, 0.15) is 73.7 Å². The third-order valence-corrected chi connectivity index (χ3v) is 8.22. The number of hydrogen-bond acceptors (Lipinski definition) is 6. The molecule has 2 N–H and O–H groups in total. The van der Waals surface area contributed by atoms with E-state index in [1.165, 1.54) is 19.3 Å². The van der Waals surface area contributed by atoms with Gasteiger partial charge < -0.3 is 19.9 Å². The molecule has 1 saturated heterocycles. The summed E-state index contributed by atoms with van der Waals surface area (Å²) in [6, 6.07) is 6.47. The molecule has 0 bridgehead atoms. The Labute approximate surface area is 207 Å². The molecule has 0 spiro atoms. The van der Waals surface area contributed by atoms with Crippen LogP contribution < -0.4 is 15.5 Å². The molecule has 8 nitrogen and oxygen atoms in total. The third-order valence-electron chi connectivity index (χ3n) is 8.22. The molecule has 1 atom stereocenters. The van der Waals surface area contributed by atoms with Crippen LogP contribution >= 0.6 is 0 Å². The van der Waals surface area contributed by atoms with E-state index >= 15 is 0 Å². The van der Waals surface area contributed by atoms with Crippen LogP contribution in [-0.2, 0) is 20.9 Å². The van der Waals surface area contributed by atoms with Crippen molar-refractivity contribution in [1.29, 1.82) is 0 Å². The second kappa shape index (κ2) is 10.7. The fraction of sp³-hybridized carbons (Fsp3) is 0.667. The first-order valence-corrected chi connectivity index (χ1v) is 13.3. The second-order valence-electron chi connectivity index (χ2n) is 10.6. The van der Waals surface area contributed by atoms with Gasteiger partial charge in [0.2, 0.25) is 11.8 Å². The predicted octanol–water partition coefficient (Wildman–Crippen LogP) is 2.60. The molecule has 3 fully saturated rings. The molecule has 190 valence electrons. The smallest absolute Gasteiger partial charge is 0.255 e. The Hall–Kier alpha value is -2.45. The van der Waals surface area contributed by atoms with Gasteiger partial charge in [0.1, 0.15) is 6.04 Å². The van der Waals surface area contributed by atoms with Crippen LogP contribution in [0.2, 0.25) is 0 Å². The number of carbonyl (C=O) groups is 3. The second-order valence-corrected chi connectivity index (χ2v) is 10.6. The lowest BCUT2D eigenvalue weighted by Crippen LogP contribution is -2.52. The van der Waals surface area contributed by atoms with Crippen molar-refractivity contribution in [2.75, 3.05) is 31.7 Å². The zero-order valence-corrected chi connectivity index (χ0v) is 20.8. The Balaban J connectivity index is 1.33. The van der Waals surface area contributed by atoms with Gasteiger partial charge in [-0.2, -0.15) is 0 Å². The minimum Gasteiger partial charge on any atom is -0.383 e. The number of carbonyl (C=O) groups excluding carboxylic acids is 3. The Bertz CT molecular complexity index is 954. The van der Waals surface area contributed by atoms with Crippen LogP contribution in [0.15, 0.2) is 18.2 Å². The highest BCUT2D eigenvalue weighted by Gasteiger charge is 2.41. The molecule has 5 rings (SSSR count). The number of piperidine rings is 1. The SMILES string of the molecule is COCCNC1CCC(N(CCC2CC2)c2cccc3c2CN(C2CCC(=O)NC2=O)C3=O)CC1. The van der Waals surface area contributed by atoms with Gasteiger partial charge in [0.05, 0.1) is 6.61 Å². The van der Waals surface area contributed by atoms with E-state index in [1.54, 1.807) is 12.0 Å². The summed E-state index contributed by atoms with van der Waals surface area (Å²) in [5.74, 6) is 0.135. The molecule has 2 aliphatic heterocycles. The zero-order valence-electron chi connectivity index (χ0n) is 20.8. The summed E-state index contributed by atoms with van der Waals surface area (Å²) in [6.07, 6.45) is 9.07. The van der Waals surface area contributed by atoms with E-state index in [9.17, 15) is 14.4 Å². The molecule has 1 aromatic rings. The Morgan fingerprint density at radius 3 is 2.60 bits per heavy atom. The molecule has 1 unspecified atom stereocenters. The third kappa shape index (κ3) is 5.38. The van der Waals surface area contributed by atoms with Crippen molar-refractivity contribution in [3.63, 3.8) is 0 Å². The lowest BCUT2D eigenvalue weighted by atomic mass is 9.89. The fourth-order valence-electron chi connectivity index (χ4n) is 6.02. The summed E-state index contributed by atoms with van der Waals surface area (Å²) in [7, 11) is 1.74. The highest BCUT2D eigenvalue weighted by molar-refractivity contribution is 6.06. The summed E-state index contributed by atoms with van der Waals surface area (Å²) in [6.45, 7) is 3.08. The first kappa shape index (κ1) is 24.3. The van der Waals surface area contributed by atoms with E-state index in [2.05, 4.69) is 21.6 Å². The molecular weight excluding hydrogens is 444 g/mol. The topological polar surface area (TPSA) is 91.0 Å². The normalized spacial score (nSPS) is 26.6. The van der Waals surface area contributed by atoms with Gasteiger partial charge in [-0.15, -0.1) is 0 Å². The van der Waals surface area contributed by atoms with Crippen molar-refractivity contribution in [3.05, 3.63) is 29.3 Å². The van der Waals surface area contributed by atoms with Crippen molar-refractivity contribution >= 4 is 23.4 Å². The number of benzene rings is 1. The highest BCUT2D eigenvalue weighted by atomic mass is 16.5. The number of anilines is 1. The van der Waals surface area contributed by atoms with E-state index in [4.69, 9.17) is 4.74 Å². The number of hydrogen-bond donors (Lipinski definition) is 2. The summed E-state index contributed by atoms with van der Waals surface area (Å²) in [4.78, 5) is 41.7. The van der Waals surface area contributed by atoms with E-state index in [-0.39, 0.29) is 24.1 Å². The van der Waals surface area contributed by atoms with E-state index in [0.29, 0.717) is 30.6 Å². The van der Waals surface area contributed by atoms with Crippen molar-refractivity contribution in [3.8, 4) is 0 Å². The van der Waals surface area contributed by atoms with Gasteiger partial charge in [0, 0.05) is 62.1 Å². The molecule has 4 aliphatic rings. The van der Waals surface area contributed by atoms with Crippen LogP contribution in [0.4, 0.5) is 5.69 Å². The van der Waals surface area contributed by atoms with E-state index in [0.717, 1.165) is 62.5 Å². The standard InChI is InChI=1S/C27H38N4O4/c1-35-16-14-28-19-7-9-20(10-8-19)30(15-13-18-5-6-18)23-4-2-3-21-22(23)17-31(27(21)34)24-11-12-25(32)29-26(24)33/h2-4,18-20,24,28H,5-17H2,1H3,(H,29,32,33). The summed E-state index contributed by atoms with van der Waals surface area (Å²) in [5.41, 5.74) is 2.90. The summed E-state index contributed by atoms with van der Waals surface area (Å²) in [5, 5.41) is 6.03. The summed E-state index contributed by atoms with van der Waals surface area (Å²) < 4.78 is 5.18. The minimum atomic E-state index is -0.575. The number of methoxy groups -OCH3 is 1. The van der Waals surface area contributed by atoms with Gasteiger partial charge >= 0.3 is 0 Å². The molecule has 8 heteroatoms. The number of rotatable bonds is 10. The van der Waals surface area contributed by atoms with E-state index in [1.807, 2.05) is 12.1 Å². The lowest BCUT2D eigenvalue weighted by Gasteiger charge is -2.40.